The molecule has 0 saturated carbocycles. The third-order valence-electron chi connectivity index (χ3n) is 2.36. The number of thioether (sulfide) groups is 1. The van der Waals surface area contributed by atoms with Crippen LogP contribution in [0.15, 0.2) is 18.2 Å². The number of hydrogen-bond acceptors (Lipinski definition) is 4. The number of ether oxygens (including phenoxy) is 2. The van der Waals surface area contributed by atoms with Gasteiger partial charge in [-0.3, -0.25) is 0 Å². The van der Waals surface area contributed by atoms with E-state index in [4.69, 9.17) is 15.2 Å². The molecule has 0 spiro atoms. The Hall–Kier alpha value is -0.870. The van der Waals surface area contributed by atoms with Gasteiger partial charge in [0, 0.05) is 17.4 Å². The summed E-state index contributed by atoms with van der Waals surface area (Å²) in [5.74, 6) is 2.72. The number of hydrogen-bond donors (Lipinski definition) is 1. The second-order valence-corrected chi connectivity index (χ2v) is 4.44. The molecule has 2 rings (SSSR count). The minimum atomic E-state index is 0.0141. The molecular formula is C11H15NO2S. The van der Waals surface area contributed by atoms with Gasteiger partial charge in [-0.05, 0) is 18.4 Å². The number of fused-ring (bicyclic) bond motifs is 1. The van der Waals surface area contributed by atoms with E-state index in [0.29, 0.717) is 6.61 Å². The molecule has 0 fully saturated rings. The van der Waals surface area contributed by atoms with Crippen LogP contribution < -0.4 is 15.2 Å². The van der Waals surface area contributed by atoms with Gasteiger partial charge in [0.25, 0.3) is 0 Å². The quantitative estimate of drug-likeness (QED) is 0.794. The molecule has 82 valence electrons. The lowest BCUT2D eigenvalue weighted by Gasteiger charge is -2.07. The molecule has 0 radical (unpaired) electrons. The van der Waals surface area contributed by atoms with E-state index in [-0.39, 0.29) is 6.04 Å². The molecule has 1 aromatic rings. The van der Waals surface area contributed by atoms with Crippen LogP contribution in [0, 0.1) is 0 Å². The smallest absolute Gasteiger partial charge is 0.127 e. The number of rotatable bonds is 4. The highest BCUT2D eigenvalue weighted by Gasteiger charge is 2.20. The van der Waals surface area contributed by atoms with Crippen LogP contribution >= 0.6 is 11.8 Å². The van der Waals surface area contributed by atoms with Gasteiger partial charge in [0.2, 0.25) is 0 Å². The third kappa shape index (κ3) is 2.38. The standard InChI is InChI=1S/C11H15NO2S/c1-15-5-4-13-8-2-3-9-10(12)7-14-11(9)6-8/h2-3,6,10H,4-5,7,12H2,1H3. The van der Waals surface area contributed by atoms with Crippen LogP contribution in [0.5, 0.6) is 11.5 Å². The monoisotopic (exact) mass is 225 g/mol. The van der Waals surface area contributed by atoms with Crippen molar-refractivity contribution in [1.82, 2.24) is 0 Å². The van der Waals surface area contributed by atoms with Gasteiger partial charge in [-0.15, -0.1) is 0 Å². The summed E-state index contributed by atoms with van der Waals surface area (Å²) in [6.45, 7) is 1.30. The van der Waals surface area contributed by atoms with Crippen LogP contribution in [0.25, 0.3) is 0 Å². The van der Waals surface area contributed by atoms with Crippen LogP contribution in [0.2, 0.25) is 0 Å². The van der Waals surface area contributed by atoms with Crippen LogP contribution in [-0.2, 0) is 0 Å². The van der Waals surface area contributed by atoms with Gasteiger partial charge in [0.1, 0.15) is 18.1 Å². The summed E-state index contributed by atoms with van der Waals surface area (Å²) in [4.78, 5) is 0. The fourth-order valence-electron chi connectivity index (χ4n) is 1.55. The minimum Gasteiger partial charge on any atom is -0.493 e. The molecule has 15 heavy (non-hydrogen) atoms. The maximum absolute atomic E-state index is 5.85. The average molecular weight is 225 g/mol. The van der Waals surface area contributed by atoms with Crippen LogP contribution in [-0.4, -0.2) is 25.2 Å². The zero-order chi connectivity index (χ0) is 10.7. The summed E-state index contributed by atoms with van der Waals surface area (Å²) in [5.41, 5.74) is 6.93. The maximum atomic E-state index is 5.85. The SMILES string of the molecule is CSCCOc1ccc2c(c1)OCC2N. The van der Waals surface area contributed by atoms with Gasteiger partial charge in [-0.1, -0.05) is 0 Å². The van der Waals surface area contributed by atoms with Crippen molar-refractivity contribution in [2.45, 2.75) is 6.04 Å². The van der Waals surface area contributed by atoms with Gasteiger partial charge in [0.05, 0.1) is 12.6 Å². The van der Waals surface area contributed by atoms with Gasteiger partial charge in [-0.2, -0.15) is 11.8 Å². The van der Waals surface area contributed by atoms with Gasteiger partial charge in [0.15, 0.2) is 0 Å². The molecule has 3 nitrogen and oxygen atoms in total. The van der Waals surface area contributed by atoms with Crippen LogP contribution in [0.1, 0.15) is 11.6 Å². The Labute approximate surface area is 93.9 Å². The van der Waals surface area contributed by atoms with E-state index < -0.39 is 0 Å². The highest BCUT2D eigenvalue weighted by molar-refractivity contribution is 7.98. The van der Waals surface area contributed by atoms with Crippen molar-refractivity contribution >= 4 is 11.8 Å². The largest absolute Gasteiger partial charge is 0.493 e. The summed E-state index contributed by atoms with van der Waals surface area (Å²) >= 11 is 1.77. The summed E-state index contributed by atoms with van der Waals surface area (Å²) in [7, 11) is 0. The van der Waals surface area contributed by atoms with E-state index in [0.717, 1.165) is 29.4 Å². The summed E-state index contributed by atoms with van der Waals surface area (Å²) in [6.07, 6.45) is 2.06. The molecule has 4 heteroatoms. The number of nitrogens with two attached hydrogens (primary N) is 1. The fraction of sp³-hybridized carbons (Fsp3) is 0.455. The molecule has 1 unspecified atom stereocenters. The highest BCUT2D eigenvalue weighted by atomic mass is 32.2. The molecule has 0 amide bonds. The Kier molecular flexibility index (Phi) is 3.38. The molecule has 1 aliphatic rings. The fourth-order valence-corrected chi connectivity index (χ4v) is 1.80. The topological polar surface area (TPSA) is 44.5 Å². The van der Waals surface area contributed by atoms with Gasteiger partial charge >= 0.3 is 0 Å². The molecule has 0 aromatic heterocycles. The van der Waals surface area contributed by atoms with E-state index >= 15 is 0 Å². The molecule has 0 bridgehead atoms. The van der Waals surface area contributed by atoms with Crippen LogP contribution in [0.3, 0.4) is 0 Å². The summed E-state index contributed by atoms with van der Waals surface area (Å²) in [6, 6.07) is 5.87. The zero-order valence-electron chi connectivity index (χ0n) is 8.73. The lowest BCUT2D eigenvalue weighted by atomic mass is 10.1. The molecule has 1 atom stereocenters. The minimum absolute atomic E-state index is 0.0141. The predicted molar refractivity (Wildman–Crippen MR) is 62.7 cm³/mol. The molecule has 1 heterocycles. The van der Waals surface area contributed by atoms with E-state index in [9.17, 15) is 0 Å². The summed E-state index contributed by atoms with van der Waals surface area (Å²) in [5, 5.41) is 0. The molecule has 0 saturated heterocycles. The van der Waals surface area contributed by atoms with Crippen molar-refractivity contribution in [3.63, 3.8) is 0 Å². The van der Waals surface area contributed by atoms with Crippen molar-refractivity contribution < 1.29 is 9.47 Å². The first-order chi connectivity index (χ1) is 7.31. The van der Waals surface area contributed by atoms with Gasteiger partial charge in [-0.25, -0.2) is 0 Å². The molecular weight excluding hydrogens is 210 g/mol. The Balaban J connectivity index is 2.03. The Morgan fingerprint density at radius 2 is 2.47 bits per heavy atom. The average Bonchev–Trinajstić information content (AvgIpc) is 2.61. The van der Waals surface area contributed by atoms with E-state index in [1.165, 1.54) is 0 Å². The highest BCUT2D eigenvalue weighted by Crippen LogP contribution is 2.33. The Bertz CT molecular complexity index is 343. The van der Waals surface area contributed by atoms with Crippen molar-refractivity contribution in [2.75, 3.05) is 25.2 Å². The molecule has 0 aliphatic carbocycles. The van der Waals surface area contributed by atoms with Crippen LogP contribution in [0.4, 0.5) is 0 Å². The predicted octanol–water partition coefficient (Wildman–Crippen LogP) is 1.82. The molecule has 2 N–H and O–H groups in total. The van der Waals surface area contributed by atoms with Gasteiger partial charge < -0.3 is 15.2 Å². The molecule has 1 aliphatic heterocycles. The second-order valence-electron chi connectivity index (χ2n) is 3.46. The van der Waals surface area contributed by atoms with E-state index in [1.807, 2.05) is 18.2 Å². The van der Waals surface area contributed by atoms with Crippen molar-refractivity contribution in [1.29, 1.82) is 0 Å². The first-order valence-corrected chi connectivity index (χ1v) is 6.34. The normalized spacial score (nSPS) is 18.4. The first-order valence-electron chi connectivity index (χ1n) is 4.95. The first kappa shape index (κ1) is 10.6. The summed E-state index contributed by atoms with van der Waals surface area (Å²) < 4.78 is 11.0. The molecule has 1 aromatic carbocycles. The Morgan fingerprint density at radius 3 is 3.27 bits per heavy atom. The number of benzene rings is 1. The van der Waals surface area contributed by atoms with Crippen molar-refractivity contribution in [3.8, 4) is 11.5 Å². The van der Waals surface area contributed by atoms with Crippen molar-refractivity contribution in [3.05, 3.63) is 23.8 Å². The lowest BCUT2D eigenvalue weighted by molar-refractivity contribution is 0.324. The zero-order valence-corrected chi connectivity index (χ0v) is 9.55. The van der Waals surface area contributed by atoms with Crippen molar-refractivity contribution in [2.24, 2.45) is 5.73 Å². The second kappa shape index (κ2) is 4.77. The van der Waals surface area contributed by atoms with E-state index in [2.05, 4.69) is 6.26 Å². The Morgan fingerprint density at radius 1 is 1.60 bits per heavy atom. The van der Waals surface area contributed by atoms with E-state index in [1.54, 1.807) is 11.8 Å². The third-order valence-corrected chi connectivity index (χ3v) is 2.93. The lowest BCUT2D eigenvalue weighted by Crippen LogP contribution is -2.10. The maximum Gasteiger partial charge on any atom is 0.127 e.